The van der Waals surface area contributed by atoms with E-state index in [0.717, 1.165) is 18.8 Å². The Morgan fingerprint density at radius 3 is 2.44 bits per heavy atom. The minimum Gasteiger partial charge on any atom is -0.385 e. The third kappa shape index (κ3) is 5.79. The molecule has 1 N–H and O–H groups in total. The zero-order chi connectivity index (χ0) is 12.4. The lowest BCUT2D eigenvalue weighted by molar-refractivity contribution is 0.314. The summed E-state index contributed by atoms with van der Waals surface area (Å²) in [4.78, 5) is 0. The van der Waals surface area contributed by atoms with Crippen molar-refractivity contribution in [2.75, 3.05) is 0 Å². The summed E-state index contributed by atoms with van der Waals surface area (Å²) in [6.07, 6.45) is 11.5. The van der Waals surface area contributed by atoms with Crippen LogP contribution >= 0.6 is 0 Å². The lowest BCUT2D eigenvalue weighted by atomic mass is 9.84. The van der Waals surface area contributed by atoms with Gasteiger partial charge in [-0.05, 0) is 37.8 Å². The van der Waals surface area contributed by atoms with Gasteiger partial charge in [0, 0.05) is 6.04 Å². The topological polar surface area (TPSA) is 12.0 Å². The van der Waals surface area contributed by atoms with Crippen molar-refractivity contribution < 1.29 is 0 Å². The predicted molar refractivity (Wildman–Crippen MR) is 74.3 cm³/mol. The molecule has 16 heavy (non-hydrogen) atoms. The first-order valence-electron chi connectivity index (χ1n) is 6.30. The van der Waals surface area contributed by atoms with Crippen LogP contribution in [0, 0.1) is 11.8 Å². The zero-order valence-corrected chi connectivity index (χ0v) is 11.1. The van der Waals surface area contributed by atoms with Crippen LogP contribution in [0.2, 0.25) is 0 Å². The molecule has 1 heteroatoms. The van der Waals surface area contributed by atoms with Gasteiger partial charge in [0.25, 0.3) is 0 Å². The fraction of sp³-hybridized carbons (Fsp3) is 0.600. The van der Waals surface area contributed by atoms with Gasteiger partial charge in [-0.3, -0.25) is 0 Å². The summed E-state index contributed by atoms with van der Waals surface area (Å²) >= 11 is 0. The summed E-state index contributed by atoms with van der Waals surface area (Å²) in [5.41, 5.74) is 0. The van der Waals surface area contributed by atoms with Gasteiger partial charge in [0.05, 0.1) is 0 Å². The predicted octanol–water partition coefficient (Wildman–Crippen LogP) is 4.29. The van der Waals surface area contributed by atoms with Gasteiger partial charge in [-0.25, -0.2) is 0 Å². The summed E-state index contributed by atoms with van der Waals surface area (Å²) in [5, 5.41) is 3.35. The first-order valence-corrected chi connectivity index (χ1v) is 6.30. The van der Waals surface area contributed by atoms with E-state index in [0.29, 0.717) is 12.0 Å². The molecule has 92 valence electrons. The van der Waals surface area contributed by atoms with Crippen molar-refractivity contribution in [3.63, 3.8) is 0 Å². The maximum atomic E-state index is 3.88. The van der Waals surface area contributed by atoms with Crippen molar-refractivity contribution in [2.24, 2.45) is 11.8 Å². The fourth-order valence-corrected chi connectivity index (χ4v) is 2.06. The summed E-state index contributed by atoms with van der Waals surface area (Å²) in [5.74, 6) is 1.44. The van der Waals surface area contributed by atoms with Crippen LogP contribution in [-0.2, 0) is 0 Å². The quantitative estimate of drug-likeness (QED) is 0.573. The SMILES string of the molecule is C=CCC(CC)C(C)CC(C=C)N/C=C\C. The lowest BCUT2D eigenvalue weighted by Crippen LogP contribution is -2.26. The van der Waals surface area contributed by atoms with E-state index in [2.05, 4.69) is 32.3 Å². The Morgan fingerprint density at radius 1 is 1.31 bits per heavy atom. The van der Waals surface area contributed by atoms with E-state index >= 15 is 0 Å². The van der Waals surface area contributed by atoms with E-state index in [9.17, 15) is 0 Å². The van der Waals surface area contributed by atoms with E-state index in [-0.39, 0.29) is 0 Å². The maximum absolute atomic E-state index is 3.88. The molecule has 0 aliphatic carbocycles. The lowest BCUT2D eigenvalue weighted by Gasteiger charge is -2.25. The highest BCUT2D eigenvalue weighted by atomic mass is 14.9. The molecule has 0 bridgehead atoms. The monoisotopic (exact) mass is 221 g/mol. The van der Waals surface area contributed by atoms with Gasteiger partial charge in [-0.15, -0.1) is 13.2 Å². The molecule has 0 saturated carbocycles. The molecule has 0 spiro atoms. The second-order valence-electron chi connectivity index (χ2n) is 4.41. The van der Waals surface area contributed by atoms with Crippen molar-refractivity contribution in [1.29, 1.82) is 0 Å². The highest BCUT2D eigenvalue weighted by Gasteiger charge is 2.16. The largest absolute Gasteiger partial charge is 0.385 e. The molecule has 0 aliphatic rings. The van der Waals surface area contributed by atoms with Crippen LogP contribution in [0.1, 0.15) is 40.0 Å². The molecular formula is C15H27N. The van der Waals surface area contributed by atoms with Gasteiger partial charge < -0.3 is 5.32 Å². The molecule has 0 fully saturated rings. The molecule has 0 radical (unpaired) electrons. The van der Waals surface area contributed by atoms with Crippen molar-refractivity contribution in [3.05, 3.63) is 37.6 Å². The molecule has 0 aliphatic heterocycles. The molecule has 0 aromatic carbocycles. The highest BCUT2D eigenvalue weighted by molar-refractivity contribution is 4.92. The molecule has 3 unspecified atom stereocenters. The van der Waals surface area contributed by atoms with Crippen molar-refractivity contribution >= 4 is 0 Å². The average molecular weight is 221 g/mol. The first kappa shape index (κ1) is 15.0. The van der Waals surface area contributed by atoms with Gasteiger partial charge in [0.1, 0.15) is 0 Å². The smallest absolute Gasteiger partial charge is 0.0438 e. The Labute approximate surface area is 101 Å². The van der Waals surface area contributed by atoms with Crippen LogP contribution in [0.3, 0.4) is 0 Å². The Balaban J connectivity index is 4.19. The minimum absolute atomic E-state index is 0.380. The van der Waals surface area contributed by atoms with Crippen LogP contribution in [-0.4, -0.2) is 6.04 Å². The number of allylic oxidation sites excluding steroid dienone is 2. The molecular weight excluding hydrogens is 194 g/mol. The molecule has 0 amide bonds. The summed E-state index contributed by atoms with van der Waals surface area (Å²) in [7, 11) is 0. The number of nitrogens with one attached hydrogen (secondary N) is 1. The number of hydrogen-bond acceptors (Lipinski definition) is 1. The van der Waals surface area contributed by atoms with Crippen LogP contribution in [0.4, 0.5) is 0 Å². The third-order valence-electron chi connectivity index (χ3n) is 3.19. The second-order valence-corrected chi connectivity index (χ2v) is 4.41. The molecule has 3 atom stereocenters. The Kier molecular flexibility index (Phi) is 8.69. The van der Waals surface area contributed by atoms with Crippen molar-refractivity contribution in [1.82, 2.24) is 5.32 Å². The Morgan fingerprint density at radius 2 is 2.00 bits per heavy atom. The fourth-order valence-electron chi connectivity index (χ4n) is 2.06. The van der Waals surface area contributed by atoms with Crippen LogP contribution in [0.25, 0.3) is 0 Å². The van der Waals surface area contributed by atoms with Crippen LogP contribution in [0.15, 0.2) is 37.6 Å². The van der Waals surface area contributed by atoms with E-state index in [1.807, 2.05) is 31.4 Å². The van der Waals surface area contributed by atoms with Gasteiger partial charge in [-0.1, -0.05) is 38.5 Å². The maximum Gasteiger partial charge on any atom is 0.0438 e. The summed E-state index contributed by atoms with van der Waals surface area (Å²) in [6, 6.07) is 0.380. The van der Waals surface area contributed by atoms with Gasteiger partial charge in [0.15, 0.2) is 0 Å². The second kappa shape index (κ2) is 9.26. The minimum atomic E-state index is 0.380. The van der Waals surface area contributed by atoms with E-state index in [1.165, 1.54) is 6.42 Å². The molecule has 0 aromatic heterocycles. The first-order chi connectivity index (χ1) is 7.69. The van der Waals surface area contributed by atoms with Gasteiger partial charge in [-0.2, -0.15) is 0 Å². The van der Waals surface area contributed by atoms with Crippen molar-refractivity contribution in [2.45, 2.75) is 46.1 Å². The van der Waals surface area contributed by atoms with Gasteiger partial charge >= 0.3 is 0 Å². The molecule has 0 heterocycles. The third-order valence-corrected chi connectivity index (χ3v) is 3.19. The summed E-state index contributed by atoms with van der Waals surface area (Å²) in [6.45, 7) is 14.3. The van der Waals surface area contributed by atoms with Crippen LogP contribution in [0.5, 0.6) is 0 Å². The van der Waals surface area contributed by atoms with E-state index in [1.54, 1.807) is 0 Å². The highest BCUT2D eigenvalue weighted by Crippen LogP contribution is 2.24. The van der Waals surface area contributed by atoms with E-state index in [4.69, 9.17) is 0 Å². The van der Waals surface area contributed by atoms with Crippen molar-refractivity contribution in [3.8, 4) is 0 Å². The Bertz CT molecular complexity index is 217. The normalized spacial score (nSPS) is 16.7. The van der Waals surface area contributed by atoms with Gasteiger partial charge in [0.2, 0.25) is 0 Å². The molecule has 0 saturated heterocycles. The zero-order valence-electron chi connectivity index (χ0n) is 11.1. The number of hydrogen-bond donors (Lipinski definition) is 1. The molecule has 0 rings (SSSR count). The number of rotatable bonds is 9. The molecule has 0 aromatic rings. The summed E-state index contributed by atoms with van der Waals surface area (Å²) < 4.78 is 0. The van der Waals surface area contributed by atoms with Crippen LogP contribution < -0.4 is 5.32 Å². The molecule has 1 nitrogen and oxygen atoms in total. The van der Waals surface area contributed by atoms with E-state index < -0.39 is 0 Å². The standard InChI is InChI=1S/C15H27N/c1-6-10-14(8-3)13(5)12-15(9-4)16-11-7-2/h6-7,9,11,13-16H,1,4,8,10,12H2,2-3,5H3/b11-7-. The Hall–Kier alpha value is -0.980. The average Bonchev–Trinajstić information content (AvgIpc) is 2.30.